The van der Waals surface area contributed by atoms with Crippen molar-refractivity contribution >= 4 is 6.09 Å². The van der Waals surface area contributed by atoms with Crippen molar-refractivity contribution in [2.75, 3.05) is 13.2 Å². The fraction of sp³-hybridized carbons (Fsp3) is 0.824. The van der Waals surface area contributed by atoms with Crippen LogP contribution in [0.5, 0.6) is 0 Å². The van der Waals surface area contributed by atoms with E-state index in [-0.39, 0.29) is 18.2 Å². The maximum atomic E-state index is 12.4. The molecule has 1 saturated heterocycles. The molecule has 0 aromatic carbocycles. The van der Waals surface area contributed by atoms with E-state index in [4.69, 9.17) is 9.47 Å². The van der Waals surface area contributed by atoms with Gasteiger partial charge in [0.25, 0.3) is 0 Å². The quantitative estimate of drug-likeness (QED) is 0.731. The molecule has 4 heteroatoms. The molecule has 21 heavy (non-hydrogen) atoms. The zero-order valence-electron chi connectivity index (χ0n) is 13.4. The van der Waals surface area contributed by atoms with Crippen LogP contribution in [0.1, 0.15) is 52.9 Å². The molecule has 0 aromatic heterocycles. The molecule has 0 spiro atoms. The molecule has 2 aliphatic heterocycles. The first-order valence-electron chi connectivity index (χ1n) is 8.21. The minimum Gasteiger partial charge on any atom is -0.444 e. The summed E-state index contributed by atoms with van der Waals surface area (Å²) in [6.45, 7) is 6.98. The standard InChI is InChI=1S/C17H27NO3/c1-17(2,3)21-16(19)18-14-8-13(7-12-5-4-6-12)9-15(18)11-20-10-14/h8,12,14-15H,4-7,9-11H2,1-3H3. The Morgan fingerprint density at radius 1 is 1.38 bits per heavy atom. The number of carbonyl (C=O) groups is 1. The van der Waals surface area contributed by atoms with Crippen LogP contribution >= 0.6 is 0 Å². The summed E-state index contributed by atoms with van der Waals surface area (Å²) in [4.78, 5) is 14.3. The molecule has 0 radical (unpaired) electrons. The van der Waals surface area contributed by atoms with Crippen LogP contribution in [0.4, 0.5) is 4.79 Å². The van der Waals surface area contributed by atoms with Gasteiger partial charge in [-0.15, -0.1) is 0 Å². The van der Waals surface area contributed by atoms with E-state index in [1.165, 1.54) is 31.3 Å². The lowest BCUT2D eigenvalue weighted by atomic mass is 9.78. The minimum atomic E-state index is -0.442. The lowest BCUT2D eigenvalue weighted by Gasteiger charge is -2.45. The molecule has 2 atom stereocenters. The summed E-state index contributed by atoms with van der Waals surface area (Å²) in [6, 6.07) is 0.209. The maximum Gasteiger partial charge on any atom is 0.411 e. The Morgan fingerprint density at radius 3 is 2.71 bits per heavy atom. The van der Waals surface area contributed by atoms with Gasteiger partial charge < -0.3 is 9.47 Å². The van der Waals surface area contributed by atoms with Gasteiger partial charge in [0.05, 0.1) is 25.3 Å². The molecule has 3 rings (SSSR count). The van der Waals surface area contributed by atoms with Crippen molar-refractivity contribution < 1.29 is 14.3 Å². The molecule has 2 unspecified atom stereocenters. The molecule has 1 saturated carbocycles. The van der Waals surface area contributed by atoms with Crippen molar-refractivity contribution in [1.29, 1.82) is 0 Å². The zero-order valence-corrected chi connectivity index (χ0v) is 13.4. The number of hydrogen-bond donors (Lipinski definition) is 0. The van der Waals surface area contributed by atoms with Gasteiger partial charge in [0, 0.05) is 0 Å². The van der Waals surface area contributed by atoms with E-state index in [2.05, 4.69) is 6.08 Å². The Balaban J connectivity index is 1.69. The highest BCUT2D eigenvalue weighted by atomic mass is 16.6. The molecule has 1 aliphatic carbocycles. The molecule has 1 amide bonds. The summed E-state index contributed by atoms with van der Waals surface area (Å²) in [7, 11) is 0. The summed E-state index contributed by atoms with van der Waals surface area (Å²) >= 11 is 0. The summed E-state index contributed by atoms with van der Waals surface area (Å²) in [5.41, 5.74) is 1.08. The topological polar surface area (TPSA) is 38.8 Å². The normalized spacial score (nSPS) is 29.7. The second-order valence-corrected chi connectivity index (χ2v) is 7.68. The zero-order chi connectivity index (χ0) is 15.0. The first-order chi connectivity index (χ1) is 9.92. The molecular formula is C17H27NO3. The SMILES string of the molecule is CC(C)(C)OC(=O)N1C2C=C(CC3CCC3)CC1COC2. The van der Waals surface area contributed by atoms with Gasteiger partial charge in [0.1, 0.15) is 5.60 Å². The summed E-state index contributed by atoms with van der Waals surface area (Å²) < 4.78 is 11.2. The van der Waals surface area contributed by atoms with Crippen LogP contribution in [0.3, 0.4) is 0 Å². The van der Waals surface area contributed by atoms with Gasteiger partial charge in [-0.25, -0.2) is 4.79 Å². The smallest absolute Gasteiger partial charge is 0.411 e. The van der Waals surface area contributed by atoms with E-state index in [9.17, 15) is 4.79 Å². The number of nitrogens with zero attached hydrogens (tertiary/aromatic N) is 1. The lowest BCUT2D eigenvalue weighted by Crippen LogP contribution is -2.57. The second-order valence-electron chi connectivity index (χ2n) is 7.68. The second kappa shape index (κ2) is 5.64. The van der Waals surface area contributed by atoms with Crippen molar-refractivity contribution in [2.24, 2.45) is 5.92 Å². The van der Waals surface area contributed by atoms with Gasteiger partial charge in [0.2, 0.25) is 0 Å². The summed E-state index contributed by atoms with van der Waals surface area (Å²) in [6.07, 6.45) is 8.37. The highest BCUT2D eigenvalue weighted by molar-refractivity contribution is 5.70. The molecule has 118 valence electrons. The molecule has 3 aliphatic rings. The monoisotopic (exact) mass is 293 g/mol. The number of rotatable bonds is 2. The van der Waals surface area contributed by atoms with Crippen molar-refractivity contribution in [1.82, 2.24) is 4.90 Å². The molecule has 2 fully saturated rings. The van der Waals surface area contributed by atoms with E-state index in [0.717, 1.165) is 12.3 Å². The van der Waals surface area contributed by atoms with Crippen LogP contribution in [0.25, 0.3) is 0 Å². The Bertz CT molecular complexity index is 434. The highest BCUT2D eigenvalue weighted by Gasteiger charge is 2.40. The van der Waals surface area contributed by atoms with Crippen molar-refractivity contribution in [3.8, 4) is 0 Å². The minimum absolute atomic E-state index is 0.0578. The Labute approximate surface area is 127 Å². The van der Waals surface area contributed by atoms with E-state index in [1.807, 2.05) is 25.7 Å². The van der Waals surface area contributed by atoms with Gasteiger partial charge in [-0.2, -0.15) is 0 Å². The number of carbonyl (C=O) groups excluding carboxylic acids is 1. The largest absolute Gasteiger partial charge is 0.444 e. The predicted octanol–water partition coefficient (Wildman–Crippen LogP) is 3.51. The van der Waals surface area contributed by atoms with E-state index >= 15 is 0 Å². The van der Waals surface area contributed by atoms with Gasteiger partial charge in [-0.3, -0.25) is 4.90 Å². The fourth-order valence-corrected chi connectivity index (χ4v) is 3.50. The molecule has 0 aromatic rings. The summed E-state index contributed by atoms with van der Waals surface area (Å²) in [5, 5.41) is 0. The fourth-order valence-electron chi connectivity index (χ4n) is 3.50. The number of ether oxygens (including phenoxy) is 2. The molecule has 2 heterocycles. The molecule has 4 nitrogen and oxygen atoms in total. The van der Waals surface area contributed by atoms with Crippen LogP contribution in [0.2, 0.25) is 0 Å². The molecule has 2 bridgehead atoms. The first kappa shape index (κ1) is 14.9. The van der Waals surface area contributed by atoms with E-state index in [0.29, 0.717) is 13.2 Å². The first-order valence-corrected chi connectivity index (χ1v) is 8.21. The number of hydrogen-bond acceptors (Lipinski definition) is 3. The van der Waals surface area contributed by atoms with Crippen molar-refractivity contribution in [2.45, 2.75) is 70.6 Å². The Kier molecular flexibility index (Phi) is 4.00. The van der Waals surface area contributed by atoms with Gasteiger partial charge in [0.15, 0.2) is 0 Å². The third kappa shape index (κ3) is 3.42. The number of amides is 1. The highest BCUT2D eigenvalue weighted by Crippen LogP contribution is 2.37. The average molecular weight is 293 g/mol. The third-order valence-corrected chi connectivity index (χ3v) is 4.66. The average Bonchev–Trinajstić information content (AvgIpc) is 2.30. The van der Waals surface area contributed by atoms with E-state index in [1.54, 1.807) is 0 Å². The summed E-state index contributed by atoms with van der Waals surface area (Å²) in [5.74, 6) is 0.881. The third-order valence-electron chi connectivity index (χ3n) is 4.66. The predicted molar refractivity (Wildman–Crippen MR) is 81.1 cm³/mol. The Hall–Kier alpha value is -1.03. The Morgan fingerprint density at radius 2 is 2.14 bits per heavy atom. The maximum absolute atomic E-state index is 12.4. The molecular weight excluding hydrogens is 266 g/mol. The van der Waals surface area contributed by atoms with Gasteiger partial charge in [-0.1, -0.05) is 30.9 Å². The van der Waals surface area contributed by atoms with Crippen molar-refractivity contribution in [3.63, 3.8) is 0 Å². The lowest BCUT2D eigenvalue weighted by molar-refractivity contribution is -0.0540. The number of morpholine rings is 1. The van der Waals surface area contributed by atoms with Crippen LogP contribution in [-0.4, -0.2) is 41.9 Å². The number of fused-ring (bicyclic) bond motifs is 2. The van der Waals surface area contributed by atoms with Crippen LogP contribution < -0.4 is 0 Å². The van der Waals surface area contributed by atoms with Crippen molar-refractivity contribution in [3.05, 3.63) is 11.6 Å². The molecule has 0 N–H and O–H groups in total. The van der Waals surface area contributed by atoms with Gasteiger partial charge >= 0.3 is 6.09 Å². The van der Waals surface area contributed by atoms with Crippen LogP contribution in [0, 0.1) is 5.92 Å². The van der Waals surface area contributed by atoms with Gasteiger partial charge in [-0.05, 0) is 39.5 Å². The van der Waals surface area contributed by atoms with E-state index < -0.39 is 5.60 Å². The van der Waals surface area contributed by atoms with Crippen LogP contribution in [-0.2, 0) is 9.47 Å². The van der Waals surface area contributed by atoms with Crippen LogP contribution in [0.15, 0.2) is 11.6 Å².